The highest BCUT2D eigenvalue weighted by Gasteiger charge is 2.22. The zero-order valence-electron chi connectivity index (χ0n) is 15.5. The van der Waals surface area contributed by atoms with Crippen LogP contribution in [0, 0.1) is 5.82 Å². The molecular weight excluding hydrogens is 391 g/mol. The van der Waals surface area contributed by atoms with Gasteiger partial charge in [0.15, 0.2) is 0 Å². The van der Waals surface area contributed by atoms with Crippen LogP contribution in [0.25, 0.3) is 17.0 Å². The lowest BCUT2D eigenvalue weighted by Crippen LogP contribution is -2.47. The van der Waals surface area contributed by atoms with E-state index >= 15 is 0 Å². The van der Waals surface area contributed by atoms with Gasteiger partial charge in [-0.05, 0) is 18.2 Å². The highest BCUT2D eigenvalue weighted by Crippen LogP contribution is 2.27. The summed E-state index contributed by atoms with van der Waals surface area (Å²) in [5, 5.41) is 4.75. The number of rotatable bonds is 3. The fourth-order valence-corrected chi connectivity index (χ4v) is 3.85. The second kappa shape index (κ2) is 7.33. The molecule has 0 radical (unpaired) electrons. The number of halogens is 2. The van der Waals surface area contributed by atoms with Crippen molar-refractivity contribution in [2.75, 3.05) is 36.0 Å². The van der Waals surface area contributed by atoms with Gasteiger partial charge in [0, 0.05) is 42.8 Å². The van der Waals surface area contributed by atoms with Crippen LogP contribution in [0.3, 0.4) is 0 Å². The van der Waals surface area contributed by atoms with Crippen molar-refractivity contribution in [1.82, 2.24) is 19.6 Å². The van der Waals surface area contributed by atoms with Crippen molar-refractivity contribution in [1.29, 1.82) is 0 Å². The Kier molecular flexibility index (Phi) is 4.52. The first kappa shape index (κ1) is 17.9. The lowest BCUT2D eigenvalue weighted by Gasteiger charge is -2.37. The number of nitrogens with zero attached hydrogens (tertiary/aromatic N) is 6. The maximum atomic E-state index is 14.3. The monoisotopic (exact) mass is 408 g/mol. The molecule has 5 rings (SSSR count). The fraction of sp³-hybridized carbons (Fsp3) is 0.190. The van der Waals surface area contributed by atoms with E-state index in [1.165, 1.54) is 12.4 Å². The van der Waals surface area contributed by atoms with E-state index in [0.717, 1.165) is 30.2 Å². The van der Waals surface area contributed by atoms with Crippen molar-refractivity contribution in [3.05, 3.63) is 71.8 Å². The predicted octanol–water partition coefficient (Wildman–Crippen LogP) is 3.91. The number of piperazine rings is 1. The van der Waals surface area contributed by atoms with Gasteiger partial charge in [-0.2, -0.15) is 14.6 Å². The third kappa shape index (κ3) is 3.38. The van der Waals surface area contributed by atoms with E-state index < -0.39 is 0 Å². The first-order valence-electron chi connectivity index (χ1n) is 9.40. The SMILES string of the molecule is Fc1cc(Cl)ccc1N1CCN(c2cc(-c3ccccc3)nc3ncnn23)CC1. The zero-order valence-corrected chi connectivity index (χ0v) is 16.3. The second-order valence-corrected chi connectivity index (χ2v) is 7.34. The number of hydrogen-bond donors (Lipinski definition) is 0. The van der Waals surface area contributed by atoms with E-state index in [2.05, 4.69) is 20.0 Å². The third-order valence-electron chi connectivity index (χ3n) is 5.16. The molecule has 0 spiro atoms. The van der Waals surface area contributed by atoms with Crippen molar-refractivity contribution >= 4 is 28.9 Å². The topological polar surface area (TPSA) is 49.6 Å². The average molecular weight is 409 g/mol. The Hall–Kier alpha value is -3.19. The Morgan fingerprint density at radius 3 is 2.41 bits per heavy atom. The van der Waals surface area contributed by atoms with Crippen LogP contribution in [0.1, 0.15) is 0 Å². The molecule has 1 fully saturated rings. The first-order valence-corrected chi connectivity index (χ1v) is 9.78. The van der Waals surface area contributed by atoms with Gasteiger partial charge in [0.25, 0.3) is 5.78 Å². The second-order valence-electron chi connectivity index (χ2n) is 6.91. The lowest BCUT2D eigenvalue weighted by atomic mass is 10.1. The Morgan fingerprint density at radius 1 is 0.897 bits per heavy atom. The van der Waals surface area contributed by atoms with Gasteiger partial charge in [-0.25, -0.2) is 9.37 Å². The molecule has 2 aromatic heterocycles. The summed E-state index contributed by atoms with van der Waals surface area (Å²) in [5.74, 6) is 1.20. The van der Waals surface area contributed by atoms with E-state index in [1.54, 1.807) is 16.6 Å². The summed E-state index contributed by atoms with van der Waals surface area (Å²) in [6.45, 7) is 2.85. The summed E-state index contributed by atoms with van der Waals surface area (Å²) in [7, 11) is 0. The number of fused-ring (bicyclic) bond motifs is 1. The van der Waals surface area contributed by atoms with Gasteiger partial charge >= 0.3 is 0 Å². The lowest BCUT2D eigenvalue weighted by molar-refractivity contribution is 0.594. The van der Waals surface area contributed by atoms with Gasteiger partial charge in [-0.15, -0.1) is 0 Å². The predicted molar refractivity (Wildman–Crippen MR) is 112 cm³/mol. The molecule has 4 aromatic rings. The van der Waals surface area contributed by atoms with Crippen LogP contribution in [-0.4, -0.2) is 45.8 Å². The van der Waals surface area contributed by atoms with E-state index in [0.29, 0.717) is 29.6 Å². The van der Waals surface area contributed by atoms with Crippen molar-refractivity contribution in [3.63, 3.8) is 0 Å². The third-order valence-corrected chi connectivity index (χ3v) is 5.39. The van der Waals surface area contributed by atoms with Gasteiger partial charge in [0.1, 0.15) is 18.0 Å². The molecule has 1 saturated heterocycles. The molecular formula is C21H18ClFN6. The van der Waals surface area contributed by atoms with Crippen LogP contribution in [0.15, 0.2) is 60.9 Å². The van der Waals surface area contributed by atoms with E-state index in [4.69, 9.17) is 11.6 Å². The summed E-state index contributed by atoms with van der Waals surface area (Å²) in [6, 6.07) is 16.9. The minimum atomic E-state index is -0.292. The minimum Gasteiger partial charge on any atom is -0.366 e. The van der Waals surface area contributed by atoms with E-state index in [9.17, 15) is 4.39 Å². The fourth-order valence-electron chi connectivity index (χ4n) is 3.69. The standard InChI is InChI=1S/C21H18ClFN6/c22-16-6-7-19(17(23)12-16)27-8-10-28(11-9-27)20-13-18(15-4-2-1-3-5-15)26-21-24-14-25-29(20)21/h1-7,12-14H,8-11H2. The van der Waals surface area contributed by atoms with Crippen LogP contribution >= 0.6 is 11.6 Å². The summed E-state index contributed by atoms with van der Waals surface area (Å²) in [5.41, 5.74) is 2.47. The summed E-state index contributed by atoms with van der Waals surface area (Å²) >= 11 is 5.88. The van der Waals surface area contributed by atoms with E-state index in [-0.39, 0.29) is 5.82 Å². The molecule has 6 nitrogen and oxygen atoms in total. The number of benzene rings is 2. The molecule has 2 aromatic carbocycles. The molecule has 146 valence electrons. The summed E-state index contributed by atoms with van der Waals surface area (Å²) < 4.78 is 16.0. The number of hydrogen-bond acceptors (Lipinski definition) is 5. The van der Waals surface area contributed by atoms with Gasteiger partial charge in [0.05, 0.1) is 11.4 Å². The zero-order chi connectivity index (χ0) is 19.8. The molecule has 29 heavy (non-hydrogen) atoms. The normalized spacial score (nSPS) is 14.6. The molecule has 0 amide bonds. The quantitative estimate of drug-likeness (QED) is 0.514. The molecule has 0 saturated carbocycles. The van der Waals surface area contributed by atoms with Crippen LogP contribution < -0.4 is 9.80 Å². The van der Waals surface area contributed by atoms with Crippen LogP contribution in [0.5, 0.6) is 0 Å². The van der Waals surface area contributed by atoms with E-state index in [1.807, 2.05) is 41.3 Å². The molecule has 3 heterocycles. The van der Waals surface area contributed by atoms with Crippen LogP contribution in [0.2, 0.25) is 5.02 Å². The summed E-state index contributed by atoms with van der Waals surface area (Å²) in [4.78, 5) is 13.2. The Bertz CT molecular complexity index is 1150. The smallest absolute Gasteiger partial charge is 0.254 e. The first-order chi connectivity index (χ1) is 14.2. The Morgan fingerprint density at radius 2 is 1.66 bits per heavy atom. The van der Waals surface area contributed by atoms with Gasteiger partial charge in [-0.3, -0.25) is 0 Å². The molecule has 0 aliphatic carbocycles. The number of aromatic nitrogens is 4. The Labute approximate surface area is 172 Å². The highest BCUT2D eigenvalue weighted by atomic mass is 35.5. The Balaban J connectivity index is 1.44. The van der Waals surface area contributed by atoms with Crippen molar-refractivity contribution in [3.8, 4) is 11.3 Å². The van der Waals surface area contributed by atoms with Gasteiger partial charge < -0.3 is 9.80 Å². The van der Waals surface area contributed by atoms with Gasteiger partial charge in [0.2, 0.25) is 0 Å². The molecule has 1 aliphatic heterocycles. The largest absolute Gasteiger partial charge is 0.366 e. The van der Waals surface area contributed by atoms with Crippen molar-refractivity contribution in [2.24, 2.45) is 0 Å². The molecule has 0 atom stereocenters. The van der Waals surface area contributed by atoms with Crippen LogP contribution in [0.4, 0.5) is 15.9 Å². The maximum absolute atomic E-state index is 14.3. The number of anilines is 2. The van der Waals surface area contributed by atoms with Crippen molar-refractivity contribution < 1.29 is 4.39 Å². The van der Waals surface area contributed by atoms with Gasteiger partial charge in [-0.1, -0.05) is 41.9 Å². The summed E-state index contributed by atoms with van der Waals surface area (Å²) in [6.07, 6.45) is 1.51. The molecule has 0 N–H and O–H groups in total. The van der Waals surface area contributed by atoms with Crippen LogP contribution in [-0.2, 0) is 0 Å². The maximum Gasteiger partial charge on any atom is 0.254 e. The average Bonchev–Trinajstić information content (AvgIpc) is 3.23. The highest BCUT2D eigenvalue weighted by molar-refractivity contribution is 6.30. The molecule has 0 unspecified atom stereocenters. The molecule has 8 heteroatoms. The minimum absolute atomic E-state index is 0.292. The molecule has 1 aliphatic rings. The van der Waals surface area contributed by atoms with Crippen molar-refractivity contribution in [2.45, 2.75) is 0 Å². The molecule has 0 bridgehead atoms.